The molecule has 3 aliphatic heterocycles. The molecule has 4 aliphatic rings. The Morgan fingerprint density at radius 1 is 0.833 bits per heavy atom. The highest BCUT2D eigenvalue weighted by Gasteiger charge is 2.70. The van der Waals surface area contributed by atoms with Gasteiger partial charge in [0.1, 0.15) is 29.7 Å². The summed E-state index contributed by atoms with van der Waals surface area (Å²) in [5.74, 6) is -4.83. The number of hydrogen-bond donors (Lipinski definition) is 3. The van der Waals surface area contributed by atoms with Gasteiger partial charge in [-0.2, -0.15) is 0 Å². The van der Waals surface area contributed by atoms with Gasteiger partial charge in [-0.3, -0.25) is 9.59 Å². The lowest BCUT2D eigenvalue weighted by molar-refractivity contribution is -0.322. The molecule has 3 saturated heterocycles. The third-order valence-electron chi connectivity index (χ3n) is 14.4. The van der Waals surface area contributed by atoms with E-state index in [1.165, 1.54) is 12.7 Å². The van der Waals surface area contributed by atoms with Gasteiger partial charge in [0.25, 0.3) is 0 Å². The molecule has 14 heteroatoms. The lowest BCUT2D eigenvalue weighted by atomic mass is 9.75. The number of ketones is 1. The highest BCUT2D eigenvalue weighted by Crippen LogP contribution is 2.51. The summed E-state index contributed by atoms with van der Waals surface area (Å²) < 4.78 is 52.0. The number of aliphatic hydroxyl groups excluding tert-OH is 2. The van der Waals surface area contributed by atoms with Crippen molar-refractivity contribution in [1.82, 2.24) is 4.90 Å². The van der Waals surface area contributed by atoms with Gasteiger partial charge in [0.2, 0.25) is 0 Å². The number of hydrogen-bond acceptors (Lipinski definition) is 14. The fraction of sp³-hybridized carbons (Fsp3) is 0.826. The highest BCUT2D eigenvalue weighted by molar-refractivity contribution is 5.84. The fourth-order valence-corrected chi connectivity index (χ4v) is 10.1. The molecule has 1 unspecified atom stereocenters. The number of esters is 1. The predicted octanol–water partition coefficient (Wildman–Crippen LogP) is 4.32. The number of likely N-dealkylation sites (N-methyl/N-ethyl adjacent to an activating group) is 1. The summed E-state index contributed by atoms with van der Waals surface area (Å²) >= 11 is 0. The average Bonchev–Trinajstić information content (AvgIpc) is 3.75. The molecule has 3 N–H and O–H groups in total. The van der Waals surface area contributed by atoms with Gasteiger partial charge in [-0.15, -0.1) is 0 Å². The second-order valence-corrected chi connectivity index (χ2v) is 19.0. The van der Waals surface area contributed by atoms with Gasteiger partial charge in [-0.1, -0.05) is 58.0 Å². The van der Waals surface area contributed by atoms with Crippen LogP contribution in [0.3, 0.4) is 0 Å². The summed E-state index contributed by atoms with van der Waals surface area (Å²) in [6, 6.07) is 10.2. The molecule has 3 heterocycles. The van der Waals surface area contributed by atoms with Gasteiger partial charge in [0.15, 0.2) is 12.6 Å². The minimum absolute atomic E-state index is 0.0727. The van der Waals surface area contributed by atoms with Gasteiger partial charge in [0.05, 0.1) is 47.6 Å². The van der Waals surface area contributed by atoms with Crippen LogP contribution in [0.4, 0.5) is 0 Å². The minimum Gasteiger partial charge on any atom is -0.458 e. The van der Waals surface area contributed by atoms with Crippen LogP contribution >= 0.6 is 0 Å². The molecular weight excluding hydrogens is 775 g/mol. The van der Waals surface area contributed by atoms with Crippen molar-refractivity contribution in [2.45, 2.75) is 179 Å². The number of carbonyl (C=O) groups excluding carboxylic acids is 2. The first-order valence-electron chi connectivity index (χ1n) is 22.0. The smallest absolute Gasteiger partial charge is 0.311 e. The van der Waals surface area contributed by atoms with E-state index in [1.54, 1.807) is 48.7 Å². The number of fused-ring (bicyclic) bond motifs is 1. The normalized spacial score (nSPS) is 45.8. The Labute approximate surface area is 357 Å². The first-order chi connectivity index (χ1) is 28.1. The van der Waals surface area contributed by atoms with E-state index in [4.69, 9.17) is 37.9 Å². The van der Waals surface area contributed by atoms with E-state index in [1.807, 2.05) is 53.1 Å². The molecule has 0 radical (unpaired) electrons. The topological polar surface area (TPSA) is 172 Å². The van der Waals surface area contributed by atoms with Crippen molar-refractivity contribution in [3.8, 4) is 0 Å². The minimum atomic E-state index is -1.81. The number of rotatable bonds is 12. The molecule has 14 nitrogen and oxygen atoms in total. The van der Waals surface area contributed by atoms with E-state index in [2.05, 4.69) is 17.0 Å². The van der Waals surface area contributed by atoms with E-state index >= 15 is 0 Å². The van der Waals surface area contributed by atoms with Gasteiger partial charge in [-0.25, -0.2) is 0 Å². The Balaban J connectivity index is 1.56. The molecule has 0 bridgehead atoms. The van der Waals surface area contributed by atoms with Crippen LogP contribution in [-0.4, -0.2) is 151 Å². The molecule has 0 amide bonds. The molecule has 5 rings (SSSR count). The van der Waals surface area contributed by atoms with Crippen LogP contribution in [0.25, 0.3) is 0 Å². The maximum atomic E-state index is 14.3. The van der Waals surface area contributed by atoms with Gasteiger partial charge < -0.3 is 58.1 Å². The van der Waals surface area contributed by atoms with E-state index in [9.17, 15) is 24.9 Å². The number of Topliss-reactive ketones (excluding diaryl/α,β-unsaturated/α-hetero) is 1. The molecule has 19 atom stereocenters. The number of carbonyl (C=O) groups is 2. The SMILES string of the molecule is CO[C@]1(C)C[C@H](O[C@H]2[C@H](C)[C@@H](O[C@@H]3O[C@H](C)C[C@H](N(C)C)[C@H]3OCCCc3ccccc3)[C@@](C)(OC)C[C@@H](C)C(=O)[C@H](C)[C@@H](O)[C@@]3(O)C(C)[C@H]3OC(=O)[C@@H]2C)O[C@@H](C)[C@@H]1O. The Hall–Kier alpha value is -2.08. The third-order valence-corrected chi connectivity index (χ3v) is 14.4. The third kappa shape index (κ3) is 10.1. The predicted molar refractivity (Wildman–Crippen MR) is 223 cm³/mol. The van der Waals surface area contributed by atoms with Gasteiger partial charge >= 0.3 is 5.97 Å². The lowest BCUT2D eigenvalue weighted by Gasteiger charge is -2.50. The summed E-state index contributed by atoms with van der Waals surface area (Å²) in [5.41, 5.74) is -2.82. The van der Waals surface area contributed by atoms with Crippen LogP contribution in [-0.2, 0) is 53.9 Å². The van der Waals surface area contributed by atoms with Crippen molar-refractivity contribution in [3.05, 3.63) is 35.9 Å². The Morgan fingerprint density at radius 3 is 2.10 bits per heavy atom. The van der Waals surface area contributed by atoms with Crippen molar-refractivity contribution < 1.29 is 62.8 Å². The van der Waals surface area contributed by atoms with E-state index < -0.39 is 108 Å². The molecule has 0 aromatic heterocycles. The van der Waals surface area contributed by atoms with Crippen LogP contribution < -0.4 is 0 Å². The fourth-order valence-electron chi connectivity index (χ4n) is 10.1. The van der Waals surface area contributed by atoms with Crippen molar-refractivity contribution in [1.29, 1.82) is 0 Å². The molecule has 0 spiro atoms. The second-order valence-electron chi connectivity index (χ2n) is 19.0. The Bertz CT molecular complexity index is 1570. The standard InChI is InChI=1S/C46H75NO13/c1-25-23-45(9,54-13)40(60-43-37(33(47(10)11)22-26(2)56-43)55-21-17-20-32-18-15-14-16-19-32)28(4)36(58-34-24-44(8,53-12)39(50)31(7)57-34)29(5)42(51)59-41-30(6)46(41,52)38(49)27(3)35(25)48/h14-16,18-19,25-31,33-34,36-41,43,49-50,52H,17,20-24H2,1-13H3/t25-,26-,27+,28+,29-,30?,31+,33+,34+,36+,37-,38-,39+,40-,41-,43+,44-,45+,46+/m1/s1. The van der Waals surface area contributed by atoms with E-state index in [0.29, 0.717) is 13.0 Å². The maximum absolute atomic E-state index is 14.3. The number of nitrogens with zero attached hydrogens (tertiary/aromatic N) is 1. The Kier molecular flexibility index (Phi) is 16.1. The number of aryl methyl sites for hydroxylation is 1. The summed E-state index contributed by atoms with van der Waals surface area (Å²) in [7, 11) is 7.12. The average molecular weight is 850 g/mol. The zero-order chi connectivity index (χ0) is 44.5. The number of ether oxygens (including phenoxy) is 8. The molecule has 4 fully saturated rings. The molecule has 1 saturated carbocycles. The monoisotopic (exact) mass is 850 g/mol. The first-order valence-corrected chi connectivity index (χ1v) is 22.0. The van der Waals surface area contributed by atoms with Crippen molar-refractivity contribution in [2.24, 2.45) is 29.6 Å². The summed E-state index contributed by atoms with van der Waals surface area (Å²) in [6.07, 6.45) is -5.92. The van der Waals surface area contributed by atoms with Gasteiger partial charge in [0, 0.05) is 57.0 Å². The zero-order valence-corrected chi connectivity index (χ0v) is 38.2. The van der Waals surface area contributed by atoms with Crippen LogP contribution in [0.15, 0.2) is 30.3 Å². The number of methoxy groups -OCH3 is 2. The molecule has 60 heavy (non-hydrogen) atoms. The molecule has 1 aromatic carbocycles. The van der Waals surface area contributed by atoms with Crippen LogP contribution in [0.2, 0.25) is 0 Å². The highest BCUT2D eigenvalue weighted by atomic mass is 16.7. The molecule has 1 aromatic rings. The summed E-state index contributed by atoms with van der Waals surface area (Å²) in [6.45, 7) is 16.6. The number of benzene rings is 1. The lowest BCUT2D eigenvalue weighted by Crippen LogP contribution is -2.61. The molecule has 1 aliphatic carbocycles. The van der Waals surface area contributed by atoms with E-state index in [-0.39, 0.29) is 30.8 Å². The maximum Gasteiger partial charge on any atom is 0.311 e. The zero-order valence-electron chi connectivity index (χ0n) is 38.2. The summed E-state index contributed by atoms with van der Waals surface area (Å²) in [4.78, 5) is 30.6. The summed E-state index contributed by atoms with van der Waals surface area (Å²) in [5, 5.41) is 34.2. The molecule has 342 valence electrons. The van der Waals surface area contributed by atoms with Gasteiger partial charge in [-0.05, 0) is 80.0 Å². The number of aliphatic hydroxyl groups is 3. The first kappa shape index (κ1) is 48.9. The largest absolute Gasteiger partial charge is 0.458 e. The van der Waals surface area contributed by atoms with E-state index in [0.717, 1.165) is 12.8 Å². The van der Waals surface area contributed by atoms with Crippen molar-refractivity contribution in [2.75, 3.05) is 34.9 Å². The van der Waals surface area contributed by atoms with Crippen molar-refractivity contribution >= 4 is 11.8 Å². The van der Waals surface area contributed by atoms with Crippen molar-refractivity contribution in [3.63, 3.8) is 0 Å². The van der Waals surface area contributed by atoms with Crippen LogP contribution in [0, 0.1) is 29.6 Å². The quantitative estimate of drug-likeness (QED) is 0.201. The molecular formula is C46H75NO13. The van der Waals surface area contributed by atoms with Crippen LogP contribution in [0.1, 0.15) is 93.6 Å². The second kappa shape index (κ2) is 19.8. The van der Waals surface area contributed by atoms with Crippen LogP contribution in [0.5, 0.6) is 0 Å². The Morgan fingerprint density at radius 2 is 1.48 bits per heavy atom.